The molecule has 1 N–H and O–H groups in total. The van der Waals surface area contributed by atoms with Gasteiger partial charge in [-0.3, -0.25) is 9.78 Å². The fraction of sp³-hybridized carbons (Fsp3) is 0.375. The number of pyridine rings is 1. The second kappa shape index (κ2) is 7.94. The molecule has 2 heterocycles. The molecule has 1 unspecified atom stereocenters. The zero-order valence-corrected chi connectivity index (χ0v) is 17.2. The van der Waals surface area contributed by atoms with Gasteiger partial charge >= 0.3 is 0 Å². The van der Waals surface area contributed by atoms with E-state index in [0.29, 0.717) is 0 Å². The topological polar surface area (TPSA) is 68.5 Å². The smallest absolute Gasteiger partial charge is 0.223 e. The molecular weight excluding hydrogens is 376 g/mol. The summed E-state index contributed by atoms with van der Waals surface area (Å²) in [6.45, 7) is 0.747. The van der Waals surface area contributed by atoms with Gasteiger partial charge in [-0.15, -0.1) is 0 Å². The van der Waals surface area contributed by atoms with E-state index in [2.05, 4.69) is 44.3 Å². The molecule has 1 amide bonds. The van der Waals surface area contributed by atoms with Crippen LogP contribution >= 0.6 is 0 Å². The minimum atomic E-state index is 0.204. The summed E-state index contributed by atoms with van der Waals surface area (Å²) < 4.78 is 2.39. The van der Waals surface area contributed by atoms with Gasteiger partial charge in [0.15, 0.2) is 0 Å². The molecular formula is C24H26N4O2. The normalized spacial score (nSPS) is 18.5. The van der Waals surface area contributed by atoms with Crippen molar-refractivity contribution in [3.63, 3.8) is 0 Å². The van der Waals surface area contributed by atoms with E-state index >= 15 is 0 Å². The molecule has 0 bridgehead atoms. The van der Waals surface area contributed by atoms with Crippen LogP contribution in [0.2, 0.25) is 0 Å². The van der Waals surface area contributed by atoms with Gasteiger partial charge < -0.3 is 14.7 Å². The lowest BCUT2D eigenvalue weighted by Gasteiger charge is -2.25. The Morgan fingerprint density at radius 3 is 2.97 bits per heavy atom. The van der Waals surface area contributed by atoms with E-state index in [4.69, 9.17) is 4.84 Å². The van der Waals surface area contributed by atoms with Crippen molar-refractivity contribution < 1.29 is 9.63 Å². The van der Waals surface area contributed by atoms with Crippen LogP contribution in [0.4, 0.5) is 0 Å². The Balaban J connectivity index is 1.53. The zero-order chi connectivity index (χ0) is 20.5. The number of fused-ring (bicyclic) bond motifs is 3. The van der Waals surface area contributed by atoms with Gasteiger partial charge in [0.25, 0.3) is 0 Å². The number of hydrogen-bond acceptors (Lipinski definition) is 4. The summed E-state index contributed by atoms with van der Waals surface area (Å²) in [7, 11) is 1.55. The second-order valence-electron chi connectivity index (χ2n) is 8.25. The first-order chi connectivity index (χ1) is 14.7. The Kier molecular flexibility index (Phi) is 4.99. The summed E-state index contributed by atoms with van der Waals surface area (Å²) in [5, 5.41) is 8.43. The summed E-state index contributed by atoms with van der Waals surface area (Å²) in [5.74, 6) is 0.474. The molecule has 154 valence electrons. The van der Waals surface area contributed by atoms with Crippen LogP contribution in [0, 0.1) is 5.92 Å². The maximum atomic E-state index is 12.3. The first-order valence-corrected chi connectivity index (χ1v) is 10.6. The van der Waals surface area contributed by atoms with Crippen molar-refractivity contribution in [3.8, 4) is 0 Å². The van der Waals surface area contributed by atoms with Crippen LogP contribution < -0.4 is 5.32 Å². The number of amides is 1. The van der Waals surface area contributed by atoms with Crippen molar-refractivity contribution >= 4 is 23.0 Å². The molecule has 3 aromatic rings. The lowest BCUT2D eigenvalue weighted by Crippen LogP contribution is -2.39. The van der Waals surface area contributed by atoms with Crippen molar-refractivity contribution in [2.45, 2.75) is 44.7 Å². The molecule has 30 heavy (non-hydrogen) atoms. The van der Waals surface area contributed by atoms with Crippen molar-refractivity contribution in [2.75, 3.05) is 7.11 Å². The minimum Gasteiger partial charge on any atom is -0.399 e. The SMILES string of the molecule is CO/N=C/c1ccc2c(c1)c1c(n2Cc2ccccn2)CCC(NC(=O)C2CC2)C1. The van der Waals surface area contributed by atoms with Gasteiger partial charge in [0.1, 0.15) is 7.11 Å². The van der Waals surface area contributed by atoms with Crippen LogP contribution in [0.3, 0.4) is 0 Å². The lowest BCUT2D eigenvalue weighted by molar-refractivity contribution is -0.123. The highest BCUT2D eigenvalue weighted by Crippen LogP contribution is 2.34. The van der Waals surface area contributed by atoms with Crippen molar-refractivity contribution in [2.24, 2.45) is 11.1 Å². The molecule has 5 rings (SSSR count). The molecule has 1 atom stereocenters. The van der Waals surface area contributed by atoms with E-state index in [1.165, 1.54) is 22.2 Å². The van der Waals surface area contributed by atoms with Gasteiger partial charge in [0.2, 0.25) is 5.91 Å². The fourth-order valence-electron chi connectivity index (χ4n) is 4.48. The molecule has 1 fully saturated rings. The Labute approximate surface area is 175 Å². The molecule has 0 saturated heterocycles. The van der Waals surface area contributed by atoms with E-state index in [9.17, 15) is 4.79 Å². The molecule has 2 aliphatic carbocycles. The maximum absolute atomic E-state index is 12.3. The lowest BCUT2D eigenvalue weighted by atomic mass is 9.91. The van der Waals surface area contributed by atoms with Crippen LogP contribution in [-0.2, 0) is 29.0 Å². The third-order valence-electron chi connectivity index (χ3n) is 6.14. The number of rotatable bonds is 6. The van der Waals surface area contributed by atoms with Crippen molar-refractivity contribution in [1.29, 1.82) is 0 Å². The molecule has 2 aromatic heterocycles. The largest absolute Gasteiger partial charge is 0.399 e. The monoisotopic (exact) mass is 402 g/mol. The highest BCUT2D eigenvalue weighted by molar-refractivity contribution is 5.92. The summed E-state index contributed by atoms with van der Waals surface area (Å²) in [4.78, 5) is 21.7. The summed E-state index contributed by atoms with van der Waals surface area (Å²) >= 11 is 0. The van der Waals surface area contributed by atoms with E-state index in [1.807, 2.05) is 18.3 Å². The molecule has 2 aliphatic rings. The Morgan fingerprint density at radius 2 is 2.20 bits per heavy atom. The number of hydrogen-bond donors (Lipinski definition) is 1. The zero-order valence-electron chi connectivity index (χ0n) is 17.2. The average Bonchev–Trinajstić information content (AvgIpc) is 3.59. The summed E-state index contributed by atoms with van der Waals surface area (Å²) in [6.07, 6.45) is 8.44. The van der Waals surface area contributed by atoms with Crippen LogP contribution in [0.25, 0.3) is 10.9 Å². The number of nitrogens with one attached hydrogen (secondary N) is 1. The van der Waals surface area contributed by atoms with Crippen LogP contribution in [0.15, 0.2) is 47.8 Å². The molecule has 6 nitrogen and oxygen atoms in total. The van der Waals surface area contributed by atoms with Gasteiger partial charge in [-0.2, -0.15) is 0 Å². The van der Waals surface area contributed by atoms with Gasteiger partial charge in [-0.25, -0.2) is 0 Å². The fourth-order valence-corrected chi connectivity index (χ4v) is 4.48. The standard InChI is InChI=1S/C24H26N4O2/c1-30-26-14-16-5-9-22-20(12-16)21-13-18(27-24(29)17-6-7-17)8-10-23(21)28(22)15-19-4-2-3-11-25-19/h2-5,9,11-12,14,17-18H,6-8,10,13,15H2,1H3,(H,27,29)/b26-14+. The van der Waals surface area contributed by atoms with E-state index in [0.717, 1.165) is 49.9 Å². The molecule has 6 heteroatoms. The van der Waals surface area contributed by atoms with Crippen molar-refractivity contribution in [3.05, 3.63) is 65.1 Å². The van der Waals surface area contributed by atoms with Gasteiger partial charge in [0.05, 0.1) is 18.5 Å². The van der Waals surface area contributed by atoms with Crippen molar-refractivity contribution in [1.82, 2.24) is 14.9 Å². The summed E-state index contributed by atoms with van der Waals surface area (Å²) in [6, 6.07) is 12.7. The Bertz CT molecular complexity index is 1100. The number of carbonyl (C=O) groups is 1. The second-order valence-corrected chi connectivity index (χ2v) is 8.25. The highest BCUT2D eigenvalue weighted by atomic mass is 16.6. The molecule has 1 saturated carbocycles. The first-order valence-electron chi connectivity index (χ1n) is 10.6. The highest BCUT2D eigenvalue weighted by Gasteiger charge is 2.33. The Morgan fingerprint density at radius 1 is 1.30 bits per heavy atom. The molecule has 1 aromatic carbocycles. The van der Waals surface area contributed by atoms with E-state index < -0.39 is 0 Å². The number of carbonyl (C=O) groups excluding carboxylic acids is 1. The van der Waals surface area contributed by atoms with Crippen LogP contribution in [0.1, 0.15) is 41.8 Å². The van der Waals surface area contributed by atoms with Gasteiger partial charge in [0, 0.05) is 34.8 Å². The average molecular weight is 402 g/mol. The summed E-state index contributed by atoms with van der Waals surface area (Å²) in [5.41, 5.74) is 5.95. The quantitative estimate of drug-likeness (QED) is 0.507. The van der Waals surface area contributed by atoms with Crippen LogP contribution in [0.5, 0.6) is 0 Å². The third-order valence-corrected chi connectivity index (χ3v) is 6.14. The number of benzene rings is 1. The predicted molar refractivity (Wildman–Crippen MR) is 117 cm³/mol. The first kappa shape index (κ1) is 18.9. The number of nitrogens with zero attached hydrogens (tertiary/aromatic N) is 3. The Hall–Kier alpha value is -3.15. The molecule has 0 aliphatic heterocycles. The number of aromatic nitrogens is 2. The van der Waals surface area contributed by atoms with Crippen LogP contribution in [-0.4, -0.2) is 34.8 Å². The predicted octanol–water partition coefficient (Wildman–Crippen LogP) is 3.45. The van der Waals surface area contributed by atoms with Gasteiger partial charge in [-0.1, -0.05) is 17.3 Å². The minimum absolute atomic E-state index is 0.204. The molecule has 0 radical (unpaired) electrons. The third kappa shape index (κ3) is 3.70. The van der Waals surface area contributed by atoms with Gasteiger partial charge in [-0.05, 0) is 67.5 Å². The van der Waals surface area contributed by atoms with E-state index in [1.54, 1.807) is 13.3 Å². The van der Waals surface area contributed by atoms with E-state index in [-0.39, 0.29) is 17.9 Å². The molecule has 0 spiro atoms. The maximum Gasteiger partial charge on any atom is 0.223 e. The number of oxime groups is 1.